The fourth-order valence-corrected chi connectivity index (χ4v) is 5.81. The Bertz CT molecular complexity index is 1050. The topological polar surface area (TPSA) is 55.9 Å². The van der Waals surface area contributed by atoms with Crippen molar-refractivity contribution in [1.29, 1.82) is 0 Å². The fraction of sp³-hybridized carbons (Fsp3) is 0.357. The normalized spacial score (nSPS) is 17.5. The van der Waals surface area contributed by atoms with Gasteiger partial charge in [-0.15, -0.1) is 11.3 Å². The van der Waals surface area contributed by atoms with Crippen LogP contribution < -0.4 is 5.32 Å². The Kier molecular flexibility index (Phi) is 7.45. The monoisotopic (exact) mass is 488 g/mol. The molecule has 0 bridgehead atoms. The molecule has 2 aliphatic rings. The molecule has 2 aromatic carbocycles. The maximum atomic E-state index is 13.3. The minimum Gasteiger partial charge on any atom is -0.340 e. The van der Waals surface area contributed by atoms with E-state index in [1.807, 2.05) is 27.3 Å². The lowest BCUT2D eigenvalue weighted by Gasteiger charge is -2.41. The van der Waals surface area contributed by atoms with Crippen LogP contribution in [0.15, 0.2) is 78.2 Å². The molecule has 182 valence electrons. The van der Waals surface area contributed by atoms with Crippen LogP contribution in [0.1, 0.15) is 30.0 Å². The molecule has 0 unspecified atom stereocenters. The number of amides is 3. The number of nitrogens with one attached hydrogen (secondary N) is 1. The fourth-order valence-electron chi connectivity index (χ4n) is 5.21. The van der Waals surface area contributed by atoms with Crippen LogP contribution in [0.4, 0.5) is 9.80 Å². The first-order valence-corrected chi connectivity index (χ1v) is 13.3. The Morgan fingerprint density at radius 2 is 1.34 bits per heavy atom. The molecule has 1 aromatic heterocycles. The maximum absolute atomic E-state index is 13.3. The SMILES string of the molecule is O=C(Nc1cccs1)N1CCC(C(=O)N2CCN(C(c3ccccc3)c3ccccc3)CC2)CC1. The van der Waals surface area contributed by atoms with Gasteiger partial charge in [-0.3, -0.25) is 15.0 Å². The highest BCUT2D eigenvalue weighted by molar-refractivity contribution is 7.14. The lowest BCUT2D eigenvalue weighted by molar-refractivity contribution is -0.138. The summed E-state index contributed by atoms with van der Waals surface area (Å²) in [7, 11) is 0. The van der Waals surface area contributed by atoms with Crippen LogP contribution in [0.25, 0.3) is 0 Å². The summed E-state index contributed by atoms with van der Waals surface area (Å²) in [5.41, 5.74) is 2.57. The molecule has 0 aliphatic carbocycles. The molecule has 3 amide bonds. The van der Waals surface area contributed by atoms with Gasteiger partial charge < -0.3 is 9.80 Å². The molecule has 0 spiro atoms. The highest BCUT2D eigenvalue weighted by Gasteiger charge is 2.33. The number of urea groups is 1. The lowest BCUT2D eigenvalue weighted by atomic mass is 9.94. The van der Waals surface area contributed by atoms with Gasteiger partial charge in [0, 0.05) is 45.2 Å². The Morgan fingerprint density at radius 1 is 0.743 bits per heavy atom. The van der Waals surface area contributed by atoms with Crippen molar-refractivity contribution in [3.63, 3.8) is 0 Å². The van der Waals surface area contributed by atoms with Gasteiger partial charge >= 0.3 is 6.03 Å². The molecule has 2 saturated heterocycles. The van der Waals surface area contributed by atoms with Gasteiger partial charge in [-0.25, -0.2) is 4.79 Å². The van der Waals surface area contributed by atoms with Gasteiger partial charge in [-0.05, 0) is 41.5 Å². The van der Waals surface area contributed by atoms with Crippen molar-refractivity contribution >= 4 is 28.3 Å². The van der Waals surface area contributed by atoms with Crippen LogP contribution in [0.3, 0.4) is 0 Å². The second-order valence-electron chi connectivity index (χ2n) is 9.25. The summed E-state index contributed by atoms with van der Waals surface area (Å²) in [6, 6.07) is 25.2. The average molecular weight is 489 g/mol. The number of piperidine rings is 1. The predicted octanol–water partition coefficient (Wildman–Crippen LogP) is 4.93. The van der Waals surface area contributed by atoms with E-state index in [0.29, 0.717) is 13.1 Å². The predicted molar refractivity (Wildman–Crippen MR) is 141 cm³/mol. The standard InChI is InChI=1S/C28H32N4O2S/c33-27(24-13-15-32(16-14-24)28(34)29-25-12-7-21-35-25)31-19-17-30(18-20-31)26(22-8-3-1-4-9-22)23-10-5-2-6-11-23/h1-12,21,24,26H,13-20H2,(H,29,34). The van der Waals surface area contributed by atoms with Crippen LogP contribution in [-0.4, -0.2) is 65.9 Å². The lowest BCUT2D eigenvalue weighted by Crippen LogP contribution is -2.52. The van der Waals surface area contributed by atoms with Gasteiger partial charge in [0.1, 0.15) is 0 Å². The number of nitrogens with zero attached hydrogens (tertiary/aromatic N) is 3. The molecule has 2 aliphatic heterocycles. The number of carbonyl (C=O) groups excluding carboxylic acids is 2. The second-order valence-corrected chi connectivity index (χ2v) is 10.2. The van der Waals surface area contributed by atoms with E-state index in [9.17, 15) is 9.59 Å². The number of piperazine rings is 1. The first kappa shape index (κ1) is 23.6. The number of likely N-dealkylation sites (tertiary alicyclic amines) is 1. The Morgan fingerprint density at radius 3 is 1.89 bits per heavy atom. The first-order valence-electron chi connectivity index (χ1n) is 12.4. The molecular weight excluding hydrogens is 456 g/mol. The molecule has 0 atom stereocenters. The summed E-state index contributed by atoms with van der Waals surface area (Å²) in [4.78, 5) is 32.1. The summed E-state index contributed by atoms with van der Waals surface area (Å²) in [6.45, 7) is 4.43. The average Bonchev–Trinajstić information content (AvgIpc) is 3.43. The molecule has 3 heterocycles. The van der Waals surface area contributed by atoms with Crippen molar-refractivity contribution in [2.45, 2.75) is 18.9 Å². The quantitative estimate of drug-likeness (QED) is 0.554. The molecule has 7 heteroatoms. The molecular formula is C28H32N4O2S. The van der Waals surface area contributed by atoms with Crippen LogP contribution in [0.5, 0.6) is 0 Å². The van der Waals surface area contributed by atoms with E-state index in [1.54, 1.807) is 0 Å². The maximum Gasteiger partial charge on any atom is 0.322 e. The number of thiophene rings is 1. The van der Waals surface area contributed by atoms with Gasteiger partial charge in [0.25, 0.3) is 0 Å². The van der Waals surface area contributed by atoms with Crippen LogP contribution in [0.2, 0.25) is 0 Å². The zero-order chi connectivity index (χ0) is 24.0. The molecule has 3 aromatic rings. The van der Waals surface area contributed by atoms with E-state index in [2.05, 4.69) is 70.9 Å². The number of carbonyl (C=O) groups is 2. The molecule has 0 radical (unpaired) electrons. The van der Waals surface area contributed by atoms with Crippen molar-refractivity contribution in [1.82, 2.24) is 14.7 Å². The molecule has 6 nitrogen and oxygen atoms in total. The van der Waals surface area contributed by atoms with Crippen LogP contribution in [-0.2, 0) is 4.79 Å². The number of hydrogen-bond acceptors (Lipinski definition) is 4. The van der Waals surface area contributed by atoms with Gasteiger partial charge in [0.05, 0.1) is 11.0 Å². The highest BCUT2D eigenvalue weighted by atomic mass is 32.1. The van der Waals surface area contributed by atoms with E-state index in [4.69, 9.17) is 0 Å². The number of anilines is 1. The molecule has 0 saturated carbocycles. The molecule has 1 N–H and O–H groups in total. The zero-order valence-corrected chi connectivity index (χ0v) is 20.7. The molecule has 2 fully saturated rings. The summed E-state index contributed by atoms with van der Waals surface area (Å²) in [5, 5.41) is 5.75. The van der Waals surface area contributed by atoms with Crippen LogP contribution >= 0.6 is 11.3 Å². The summed E-state index contributed by atoms with van der Waals surface area (Å²) < 4.78 is 0. The minimum absolute atomic E-state index is 0.00591. The Hall–Kier alpha value is -3.16. The minimum atomic E-state index is -0.0696. The van der Waals surface area contributed by atoms with Crippen LogP contribution in [0, 0.1) is 5.92 Å². The smallest absolute Gasteiger partial charge is 0.322 e. The highest BCUT2D eigenvalue weighted by Crippen LogP contribution is 2.30. The summed E-state index contributed by atoms with van der Waals surface area (Å²) in [5.74, 6) is 0.255. The summed E-state index contributed by atoms with van der Waals surface area (Å²) >= 11 is 1.52. The van der Waals surface area contributed by atoms with Crippen molar-refractivity contribution < 1.29 is 9.59 Å². The molecule has 5 rings (SSSR count). The van der Waals surface area contributed by atoms with E-state index in [-0.39, 0.29) is 23.9 Å². The van der Waals surface area contributed by atoms with Crippen molar-refractivity contribution in [3.8, 4) is 0 Å². The zero-order valence-electron chi connectivity index (χ0n) is 19.9. The third-order valence-electron chi connectivity index (χ3n) is 7.10. The number of benzene rings is 2. The van der Waals surface area contributed by atoms with Gasteiger partial charge in [0.2, 0.25) is 5.91 Å². The van der Waals surface area contributed by atoms with Crippen molar-refractivity contribution in [2.75, 3.05) is 44.6 Å². The van der Waals surface area contributed by atoms with E-state index in [1.165, 1.54) is 22.5 Å². The number of hydrogen-bond donors (Lipinski definition) is 1. The van der Waals surface area contributed by atoms with Crippen molar-refractivity contribution in [2.24, 2.45) is 5.92 Å². The Balaban J connectivity index is 1.16. The largest absolute Gasteiger partial charge is 0.340 e. The summed E-state index contributed by atoms with van der Waals surface area (Å²) in [6.07, 6.45) is 1.46. The third-order valence-corrected chi connectivity index (χ3v) is 7.89. The van der Waals surface area contributed by atoms with Gasteiger partial charge in [-0.2, -0.15) is 0 Å². The molecule has 35 heavy (non-hydrogen) atoms. The number of rotatable bonds is 5. The van der Waals surface area contributed by atoms with E-state index >= 15 is 0 Å². The third kappa shape index (κ3) is 5.57. The second kappa shape index (κ2) is 11.1. The van der Waals surface area contributed by atoms with E-state index in [0.717, 1.165) is 44.0 Å². The van der Waals surface area contributed by atoms with Crippen molar-refractivity contribution in [3.05, 3.63) is 89.3 Å². The van der Waals surface area contributed by atoms with Gasteiger partial charge in [-0.1, -0.05) is 60.7 Å². The van der Waals surface area contributed by atoms with E-state index < -0.39 is 0 Å². The Labute approximate surface area is 211 Å². The first-order chi connectivity index (χ1) is 17.2. The van der Waals surface area contributed by atoms with Gasteiger partial charge in [0.15, 0.2) is 0 Å².